The fraction of sp³-hybridized carbons (Fsp3) is 0.941. The molecule has 1 unspecified atom stereocenters. The number of nitrogens with one attached hydrogen (secondary N) is 1. The molecule has 0 spiro atoms. The molecule has 0 aliphatic carbocycles. The maximum Gasteiger partial charge on any atom is 0.220 e. The van der Waals surface area contributed by atoms with Gasteiger partial charge in [-0.15, -0.1) is 0 Å². The van der Waals surface area contributed by atoms with Gasteiger partial charge in [0, 0.05) is 6.42 Å². The molecule has 1 amide bonds. The van der Waals surface area contributed by atoms with Gasteiger partial charge in [0.2, 0.25) is 5.91 Å². The molecule has 0 fully saturated rings. The highest BCUT2D eigenvalue weighted by atomic mass is 32.2. The van der Waals surface area contributed by atoms with Crippen molar-refractivity contribution < 1.29 is 27.4 Å². The summed E-state index contributed by atoms with van der Waals surface area (Å²) in [5.74, 6) is -0.754. The van der Waals surface area contributed by atoms with Crippen molar-refractivity contribution in [3.63, 3.8) is 0 Å². The van der Waals surface area contributed by atoms with E-state index in [-0.39, 0.29) is 12.5 Å². The van der Waals surface area contributed by atoms with Gasteiger partial charge in [-0.2, -0.15) is 0 Å². The van der Waals surface area contributed by atoms with E-state index in [4.69, 9.17) is 0 Å². The van der Waals surface area contributed by atoms with Crippen LogP contribution < -0.4 is 5.32 Å². The minimum Gasteiger partial charge on any atom is -0.748 e. The van der Waals surface area contributed by atoms with Crippen LogP contribution >= 0.6 is 0 Å². The summed E-state index contributed by atoms with van der Waals surface area (Å²) in [6, 6.07) is 0. The Bertz CT molecular complexity index is 466. The van der Waals surface area contributed by atoms with Gasteiger partial charge in [-0.1, -0.05) is 45.4 Å². The Morgan fingerprint density at radius 2 is 1.68 bits per heavy atom. The van der Waals surface area contributed by atoms with Crippen LogP contribution in [-0.2, 0) is 14.9 Å². The van der Waals surface area contributed by atoms with Crippen molar-refractivity contribution in [3.8, 4) is 0 Å². The van der Waals surface area contributed by atoms with E-state index in [9.17, 15) is 22.9 Å². The first-order chi connectivity index (χ1) is 11.6. The van der Waals surface area contributed by atoms with E-state index in [2.05, 4.69) is 12.2 Å². The first-order valence-electron chi connectivity index (χ1n) is 9.26. The summed E-state index contributed by atoms with van der Waals surface area (Å²) < 4.78 is 32.3. The maximum absolute atomic E-state index is 11.8. The third kappa shape index (κ3) is 16.5. The fourth-order valence-electron chi connectivity index (χ4n) is 2.78. The number of hydrogen-bond acceptors (Lipinski definition) is 5. The van der Waals surface area contributed by atoms with Crippen molar-refractivity contribution in [2.75, 3.05) is 39.5 Å². The molecule has 1 atom stereocenters. The zero-order chi connectivity index (χ0) is 19.3. The van der Waals surface area contributed by atoms with E-state index >= 15 is 0 Å². The number of hydrogen-bond donors (Lipinski definition) is 2. The summed E-state index contributed by atoms with van der Waals surface area (Å²) in [5.41, 5.74) is 0. The fourth-order valence-corrected chi connectivity index (χ4v) is 3.36. The lowest BCUT2D eigenvalue weighted by Gasteiger charge is -2.32. The van der Waals surface area contributed by atoms with Gasteiger partial charge < -0.3 is 19.5 Å². The molecule has 0 aromatic heterocycles. The van der Waals surface area contributed by atoms with Crippen LogP contribution in [0.15, 0.2) is 0 Å². The largest absolute Gasteiger partial charge is 0.748 e. The second kappa shape index (κ2) is 12.6. The molecule has 0 heterocycles. The highest BCUT2D eigenvalue weighted by molar-refractivity contribution is 7.85. The molecule has 0 bridgehead atoms. The highest BCUT2D eigenvalue weighted by Crippen LogP contribution is 2.08. The Labute approximate surface area is 153 Å². The summed E-state index contributed by atoms with van der Waals surface area (Å²) in [4.78, 5) is 11.8. The first kappa shape index (κ1) is 24.3. The lowest BCUT2D eigenvalue weighted by Crippen LogP contribution is -2.50. The highest BCUT2D eigenvalue weighted by Gasteiger charge is 2.22. The van der Waals surface area contributed by atoms with Crippen LogP contribution in [0.5, 0.6) is 0 Å². The summed E-state index contributed by atoms with van der Waals surface area (Å²) in [5, 5.41) is 12.5. The average molecular weight is 381 g/mol. The molecule has 0 aliphatic heterocycles. The van der Waals surface area contributed by atoms with E-state index < -0.39 is 22.0 Å². The average Bonchev–Trinajstić information content (AvgIpc) is 2.43. The predicted molar refractivity (Wildman–Crippen MR) is 98.0 cm³/mol. The van der Waals surface area contributed by atoms with E-state index in [1.165, 1.54) is 32.1 Å². The van der Waals surface area contributed by atoms with Gasteiger partial charge in [-0.05, 0) is 6.42 Å². The van der Waals surface area contributed by atoms with Crippen molar-refractivity contribution in [2.24, 2.45) is 0 Å². The molecular weight excluding hydrogens is 344 g/mol. The zero-order valence-electron chi connectivity index (χ0n) is 16.0. The van der Waals surface area contributed by atoms with E-state index in [0.717, 1.165) is 12.8 Å². The van der Waals surface area contributed by atoms with Gasteiger partial charge in [0.1, 0.15) is 12.6 Å². The molecule has 7 nitrogen and oxygen atoms in total. The number of aliphatic hydroxyl groups excluding tert-OH is 1. The van der Waals surface area contributed by atoms with Crippen LogP contribution in [0.25, 0.3) is 0 Å². The number of quaternary nitrogens is 1. The van der Waals surface area contributed by atoms with Crippen LogP contribution in [0.2, 0.25) is 0 Å². The molecular formula is C17H36N2O5S. The van der Waals surface area contributed by atoms with E-state index in [1.54, 1.807) is 0 Å². The van der Waals surface area contributed by atoms with Crippen molar-refractivity contribution >= 4 is 16.0 Å². The molecule has 0 saturated heterocycles. The summed E-state index contributed by atoms with van der Waals surface area (Å²) in [6.07, 6.45) is 7.52. The van der Waals surface area contributed by atoms with Crippen LogP contribution in [-0.4, -0.2) is 74.1 Å². The molecule has 0 aromatic carbocycles. The molecule has 0 rings (SSSR count). The molecule has 8 heteroatoms. The van der Waals surface area contributed by atoms with Crippen molar-refractivity contribution in [1.82, 2.24) is 5.32 Å². The zero-order valence-corrected chi connectivity index (χ0v) is 16.8. The number of amides is 1. The van der Waals surface area contributed by atoms with Gasteiger partial charge in [0.25, 0.3) is 0 Å². The third-order valence-electron chi connectivity index (χ3n) is 4.15. The number of rotatable bonds is 15. The Hall–Kier alpha value is -0.700. The molecule has 0 aliphatic rings. The smallest absolute Gasteiger partial charge is 0.220 e. The Kier molecular flexibility index (Phi) is 12.3. The molecule has 0 saturated carbocycles. The van der Waals surface area contributed by atoms with Crippen LogP contribution in [0.1, 0.15) is 58.3 Å². The quantitative estimate of drug-likeness (QED) is 0.252. The van der Waals surface area contributed by atoms with Gasteiger partial charge in [0.05, 0.1) is 43.1 Å². The van der Waals surface area contributed by atoms with Gasteiger partial charge in [-0.25, -0.2) is 8.42 Å². The Balaban J connectivity index is 3.80. The van der Waals surface area contributed by atoms with E-state index in [1.807, 2.05) is 14.1 Å². The maximum atomic E-state index is 11.8. The molecule has 2 N–H and O–H groups in total. The minimum absolute atomic E-state index is 0.0243. The molecule has 0 radical (unpaired) electrons. The Morgan fingerprint density at radius 1 is 1.12 bits per heavy atom. The van der Waals surface area contributed by atoms with Gasteiger partial charge in [-0.3, -0.25) is 4.79 Å². The molecule has 150 valence electrons. The predicted octanol–water partition coefficient (Wildman–Crippen LogP) is 1.23. The Morgan fingerprint density at radius 3 is 2.24 bits per heavy atom. The first-order valence-corrected chi connectivity index (χ1v) is 10.8. The van der Waals surface area contributed by atoms with Crippen LogP contribution in [0, 0.1) is 0 Å². The summed E-state index contributed by atoms with van der Waals surface area (Å²) >= 11 is 0. The molecule has 0 aromatic rings. The minimum atomic E-state index is -4.43. The summed E-state index contributed by atoms with van der Waals surface area (Å²) in [6.45, 7) is 3.35. The number of likely N-dealkylation sites (N-methyl/N-ethyl adjacent to an activating group) is 1. The van der Waals surface area contributed by atoms with Crippen molar-refractivity contribution in [2.45, 2.75) is 64.4 Å². The third-order valence-corrected chi connectivity index (χ3v) is 4.94. The number of nitrogens with zero attached hydrogens (tertiary/aromatic N) is 1. The van der Waals surface area contributed by atoms with Crippen LogP contribution in [0.3, 0.4) is 0 Å². The standard InChI is InChI=1S/C17H36N2O5S/c1-4-5-6-7-8-9-10-11-17(21)18-12-13-19(2,3)14-16(20)15-25(22,23)24/h16,20H,4-15H2,1-3H3,(H-,18,21,22,23,24). The number of unbranched alkanes of at least 4 members (excludes halogenated alkanes) is 6. The van der Waals surface area contributed by atoms with Crippen molar-refractivity contribution in [3.05, 3.63) is 0 Å². The molecule has 25 heavy (non-hydrogen) atoms. The van der Waals surface area contributed by atoms with Crippen molar-refractivity contribution in [1.29, 1.82) is 0 Å². The lowest BCUT2D eigenvalue weighted by atomic mass is 10.1. The van der Waals surface area contributed by atoms with Gasteiger partial charge in [0.15, 0.2) is 0 Å². The topological polar surface area (TPSA) is 107 Å². The lowest BCUT2D eigenvalue weighted by molar-refractivity contribution is -0.891. The number of carbonyl (C=O) groups is 1. The second-order valence-corrected chi connectivity index (χ2v) is 8.89. The van der Waals surface area contributed by atoms with Gasteiger partial charge >= 0.3 is 0 Å². The van der Waals surface area contributed by atoms with E-state index in [0.29, 0.717) is 24.0 Å². The number of carbonyl (C=O) groups excluding carboxylic acids is 1. The van der Waals surface area contributed by atoms with Crippen LogP contribution in [0.4, 0.5) is 0 Å². The SMILES string of the molecule is CCCCCCCCCC(=O)NCC[N+](C)(C)CC(O)CS(=O)(=O)[O-]. The number of aliphatic hydroxyl groups is 1. The second-order valence-electron chi connectivity index (χ2n) is 7.44. The summed E-state index contributed by atoms with van der Waals surface area (Å²) in [7, 11) is -0.785. The normalized spacial score (nSPS) is 13.6. The monoisotopic (exact) mass is 380 g/mol.